The molecule has 0 saturated carbocycles. The summed E-state index contributed by atoms with van der Waals surface area (Å²) in [4.78, 5) is 0. The van der Waals surface area contributed by atoms with E-state index >= 15 is 0 Å². The lowest BCUT2D eigenvalue weighted by molar-refractivity contribution is 0.239. The molecule has 0 saturated heterocycles. The summed E-state index contributed by atoms with van der Waals surface area (Å²) < 4.78 is 0. The Morgan fingerprint density at radius 2 is 2.00 bits per heavy atom. The van der Waals surface area contributed by atoms with Gasteiger partial charge < -0.3 is 15.5 Å². The first-order valence-electron chi connectivity index (χ1n) is 5.99. The van der Waals surface area contributed by atoms with Gasteiger partial charge in [-0.25, -0.2) is 0 Å². The monoisotopic (exact) mass is 247 g/mol. The summed E-state index contributed by atoms with van der Waals surface area (Å²) in [6.45, 7) is 7.72. The molecule has 1 unspecified atom stereocenters. The molecule has 0 aliphatic heterocycles. The van der Waals surface area contributed by atoms with E-state index in [9.17, 15) is 10.2 Å². The van der Waals surface area contributed by atoms with Crippen molar-refractivity contribution in [2.24, 2.45) is 0 Å². The molecule has 3 nitrogen and oxygen atoms in total. The van der Waals surface area contributed by atoms with Crippen molar-refractivity contribution in [2.75, 3.05) is 5.32 Å². The number of nitrogens with one attached hydrogen (secondary N) is 1. The fourth-order valence-corrected chi connectivity index (χ4v) is 1.55. The summed E-state index contributed by atoms with van der Waals surface area (Å²) in [6.07, 6.45) is 3.14. The van der Waals surface area contributed by atoms with Crippen molar-refractivity contribution >= 4 is 5.69 Å². The molecule has 0 fully saturated rings. The van der Waals surface area contributed by atoms with Crippen LogP contribution in [-0.4, -0.2) is 16.4 Å². The molecular weight excluding hydrogens is 226 g/mol. The van der Waals surface area contributed by atoms with Crippen LogP contribution in [0.15, 0.2) is 41.5 Å². The van der Waals surface area contributed by atoms with Crippen LogP contribution in [0.1, 0.15) is 26.3 Å². The van der Waals surface area contributed by atoms with Crippen molar-refractivity contribution in [2.45, 2.75) is 33.9 Å². The molecule has 98 valence electrons. The van der Waals surface area contributed by atoms with Crippen LogP contribution in [0, 0.1) is 6.92 Å². The van der Waals surface area contributed by atoms with Gasteiger partial charge in [-0.1, -0.05) is 23.8 Å². The van der Waals surface area contributed by atoms with E-state index in [2.05, 4.69) is 5.32 Å². The van der Waals surface area contributed by atoms with Gasteiger partial charge in [-0.15, -0.1) is 0 Å². The van der Waals surface area contributed by atoms with Crippen molar-refractivity contribution in [1.82, 2.24) is 0 Å². The zero-order valence-electron chi connectivity index (χ0n) is 11.4. The molecule has 1 atom stereocenters. The highest BCUT2D eigenvalue weighted by Crippen LogP contribution is 2.22. The molecule has 0 aliphatic carbocycles. The fraction of sp³-hybridized carbons (Fsp3) is 0.333. The second kappa shape index (κ2) is 6.26. The fourth-order valence-electron chi connectivity index (χ4n) is 1.55. The van der Waals surface area contributed by atoms with Crippen LogP contribution in [0.25, 0.3) is 0 Å². The number of hydrogen-bond donors (Lipinski definition) is 3. The van der Waals surface area contributed by atoms with Gasteiger partial charge in [0.1, 0.15) is 12.0 Å². The van der Waals surface area contributed by atoms with Crippen LogP contribution in [-0.2, 0) is 0 Å². The van der Waals surface area contributed by atoms with Crippen LogP contribution >= 0.6 is 0 Å². The number of anilines is 1. The molecule has 3 heteroatoms. The number of benzene rings is 1. The number of allylic oxidation sites excluding steroid dienone is 3. The molecular formula is C15H21NO2. The SMILES string of the molecule is C/C=C(C)\C=C(/C)C(O)Nc1cc(O)ccc1C. The molecule has 18 heavy (non-hydrogen) atoms. The summed E-state index contributed by atoms with van der Waals surface area (Å²) in [7, 11) is 0. The van der Waals surface area contributed by atoms with Gasteiger partial charge in [0.15, 0.2) is 0 Å². The topological polar surface area (TPSA) is 52.5 Å². The lowest BCUT2D eigenvalue weighted by Crippen LogP contribution is -2.20. The number of rotatable bonds is 4. The Morgan fingerprint density at radius 1 is 1.33 bits per heavy atom. The number of phenolic OH excluding ortho intramolecular Hbond substituents is 1. The van der Waals surface area contributed by atoms with E-state index < -0.39 is 6.23 Å². The third-order valence-electron chi connectivity index (χ3n) is 2.86. The normalized spacial score (nSPS) is 14.5. The van der Waals surface area contributed by atoms with Crippen molar-refractivity contribution in [3.05, 3.63) is 47.1 Å². The number of phenols is 1. The van der Waals surface area contributed by atoms with Gasteiger partial charge in [0.2, 0.25) is 0 Å². The van der Waals surface area contributed by atoms with Crippen molar-refractivity contribution in [3.8, 4) is 5.75 Å². The van der Waals surface area contributed by atoms with Gasteiger partial charge in [-0.05, 0) is 44.9 Å². The lowest BCUT2D eigenvalue weighted by Gasteiger charge is -2.17. The Bertz CT molecular complexity index is 475. The molecule has 3 N–H and O–H groups in total. The number of aryl methyl sites for hydroxylation is 1. The molecule has 0 aliphatic rings. The van der Waals surface area contributed by atoms with E-state index in [-0.39, 0.29) is 5.75 Å². The van der Waals surface area contributed by atoms with E-state index in [4.69, 9.17) is 0 Å². The standard InChI is InChI=1S/C15H21NO2/c1-5-10(2)8-12(4)15(18)16-14-9-13(17)7-6-11(14)3/h5-9,15-18H,1-4H3/b10-5-,12-8+. The first-order chi connectivity index (χ1) is 8.43. The highest BCUT2D eigenvalue weighted by Gasteiger charge is 2.08. The van der Waals surface area contributed by atoms with Gasteiger partial charge in [0.25, 0.3) is 0 Å². The Labute approximate surface area is 108 Å². The lowest BCUT2D eigenvalue weighted by atomic mass is 10.1. The predicted octanol–water partition coefficient (Wildman–Crippen LogP) is 3.34. The maximum Gasteiger partial charge on any atom is 0.146 e. The Balaban J connectivity index is 2.84. The Morgan fingerprint density at radius 3 is 2.61 bits per heavy atom. The second-order valence-electron chi connectivity index (χ2n) is 4.47. The molecule has 0 heterocycles. The third kappa shape index (κ3) is 3.93. The van der Waals surface area contributed by atoms with E-state index in [0.717, 1.165) is 22.4 Å². The predicted molar refractivity (Wildman–Crippen MR) is 75.7 cm³/mol. The Hall–Kier alpha value is -1.74. The van der Waals surface area contributed by atoms with Crippen LogP contribution in [0.4, 0.5) is 5.69 Å². The van der Waals surface area contributed by atoms with Crippen molar-refractivity contribution in [3.63, 3.8) is 0 Å². The van der Waals surface area contributed by atoms with E-state index in [0.29, 0.717) is 0 Å². The summed E-state index contributed by atoms with van der Waals surface area (Å²) in [5.74, 6) is 0.182. The van der Waals surface area contributed by atoms with Gasteiger partial charge >= 0.3 is 0 Å². The highest BCUT2D eigenvalue weighted by atomic mass is 16.3. The van der Waals surface area contributed by atoms with Crippen LogP contribution in [0.2, 0.25) is 0 Å². The average molecular weight is 247 g/mol. The molecule has 0 spiro atoms. The smallest absolute Gasteiger partial charge is 0.146 e. The number of aromatic hydroxyl groups is 1. The highest BCUT2D eigenvalue weighted by molar-refractivity contribution is 5.55. The van der Waals surface area contributed by atoms with Gasteiger partial charge in [0, 0.05) is 11.8 Å². The van der Waals surface area contributed by atoms with Crippen molar-refractivity contribution in [1.29, 1.82) is 0 Å². The molecule has 1 rings (SSSR count). The quantitative estimate of drug-likeness (QED) is 0.565. The Kier molecular flexibility index (Phi) is 4.98. The maximum atomic E-state index is 10.0. The van der Waals surface area contributed by atoms with Gasteiger partial charge in [0.05, 0.1) is 0 Å². The van der Waals surface area contributed by atoms with Gasteiger partial charge in [-0.2, -0.15) is 0 Å². The summed E-state index contributed by atoms with van der Waals surface area (Å²) in [5, 5.41) is 22.4. The van der Waals surface area contributed by atoms with Crippen LogP contribution in [0.3, 0.4) is 0 Å². The van der Waals surface area contributed by atoms with Crippen molar-refractivity contribution < 1.29 is 10.2 Å². The van der Waals surface area contributed by atoms with Gasteiger partial charge in [-0.3, -0.25) is 0 Å². The minimum absolute atomic E-state index is 0.182. The summed E-state index contributed by atoms with van der Waals surface area (Å²) in [5.41, 5.74) is 3.63. The molecule has 0 radical (unpaired) electrons. The first-order valence-corrected chi connectivity index (χ1v) is 5.99. The molecule has 0 aromatic heterocycles. The largest absolute Gasteiger partial charge is 0.508 e. The first kappa shape index (κ1) is 14.3. The van der Waals surface area contributed by atoms with Crippen LogP contribution in [0.5, 0.6) is 5.75 Å². The molecule has 1 aromatic carbocycles. The minimum Gasteiger partial charge on any atom is -0.508 e. The zero-order chi connectivity index (χ0) is 13.7. The average Bonchev–Trinajstić information content (AvgIpc) is 2.33. The second-order valence-corrected chi connectivity index (χ2v) is 4.47. The molecule has 1 aromatic rings. The third-order valence-corrected chi connectivity index (χ3v) is 2.86. The summed E-state index contributed by atoms with van der Waals surface area (Å²) in [6, 6.07) is 5.04. The molecule has 0 bridgehead atoms. The van der Waals surface area contributed by atoms with E-state index in [1.165, 1.54) is 0 Å². The van der Waals surface area contributed by atoms with E-state index in [1.54, 1.807) is 18.2 Å². The molecule has 0 amide bonds. The summed E-state index contributed by atoms with van der Waals surface area (Å²) >= 11 is 0. The number of aliphatic hydroxyl groups excluding tert-OH is 1. The minimum atomic E-state index is -0.764. The number of hydrogen-bond acceptors (Lipinski definition) is 3. The zero-order valence-corrected chi connectivity index (χ0v) is 11.4. The maximum absolute atomic E-state index is 10.0. The van der Waals surface area contributed by atoms with Crippen LogP contribution < -0.4 is 5.32 Å². The van der Waals surface area contributed by atoms with E-state index in [1.807, 2.05) is 39.8 Å². The number of aliphatic hydroxyl groups is 1.